The van der Waals surface area contributed by atoms with Gasteiger partial charge in [0.05, 0.1) is 5.56 Å². The molecule has 0 saturated carbocycles. The van der Waals surface area contributed by atoms with Gasteiger partial charge in [-0.3, -0.25) is 0 Å². The van der Waals surface area contributed by atoms with Crippen LogP contribution in [0.15, 0.2) is 53.5 Å². The molecule has 0 aliphatic rings. The number of hydrogen-bond donors (Lipinski definition) is 2. The van der Waals surface area contributed by atoms with Gasteiger partial charge >= 0.3 is 5.97 Å². The maximum Gasteiger partial charge on any atom is 0.335 e. The molecule has 0 aliphatic carbocycles. The average Bonchev–Trinajstić information content (AvgIpc) is 3.04. The van der Waals surface area contributed by atoms with Gasteiger partial charge in [-0.05, 0) is 56.7 Å². The molecule has 0 bridgehead atoms. The van der Waals surface area contributed by atoms with Crippen LogP contribution in [0, 0.1) is 13.8 Å². The molecule has 0 atom stereocenters. The van der Waals surface area contributed by atoms with E-state index in [-0.39, 0.29) is 5.56 Å². The van der Waals surface area contributed by atoms with Crippen molar-refractivity contribution in [1.82, 2.24) is 9.97 Å². The van der Waals surface area contributed by atoms with Gasteiger partial charge in [-0.25, -0.2) is 14.8 Å². The molecule has 0 spiro atoms. The molecule has 0 aliphatic heterocycles. The van der Waals surface area contributed by atoms with E-state index in [0.717, 1.165) is 22.7 Å². The Balaban J connectivity index is 2.01. The van der Waals surface area contributed by atoms with Crippen molar-refractivity contribution < 1.29 is 14.3 Å². The summed E-state index contributed by atoms with van der Waals surface area (Å²) in [5.41, 5.74) is 2.72. The Morgan fingerprint density at radius 3 is 2.50 bits per heavy atom. The number of carbonyl (C=O) groups is 1. The number of nitrogens with zero attached hydrogens (tertiary/aromatic N) is 2. The van der Waals surface area contributed by atoms with Gasteiger partial charge in [-0.15, -0.1) is 6.58 Å². The van der Waals surface area contributed by atoms with Crippen LogP contribution in [0.3, 0.4) is 0 Å². The summed E-state index contributed by atoms with van der Waals surface area (Å²) in [6.45, 7) is 7.57. The smallest absolute Gasteiger partial charge is 0.335 e. The van der Waals surface area contributed by atoms with Gasteiger partial charge in [-0.1, -0.05) is 6.08 Å². The van der Waals surface area contributed by atoms with Crippen LogP contribution in [-0.2, 0) is 6.42 Å². The van der Waals surface area contributed by atoms with Crippen molar-refractivity contribution >= 4 is 17.5 Å². The fraction of sp³-hybridized carbons (Fsp3) is 0.150. The number of anilines is 2. The molecule has 3 rings (SSSR count). The van der Waals surface area contributed by atoms with Crippen LogP contribution in [0.4, 0.5) is 11.5 Å². The fourth-order valence-corrected chi connectivity index (χ4v) is 2.59. The van der Waals surface area contributed by atoms with Gasteiger partial charge in [0.25, 0.3) is 0 Å². The predicted molar refractivity (Wildman–Crippen MR) is 99.8 cm³/mol. The second-order valence-electron chi connectivity index (χ2n) is 5.87. The highest BCUT2D eigenvalue weighted by Gasteiger charge is 2.14. The lowest BCUT2D eigenvalue weighted by atomic mass is 10.1. The molecule has 2 heterocycles. The van der Waals surface area contributed by atoms with E-state index < -0.39 is 5.97 Å². The first kappa shape index (κ1) is 17.4. The van der Waals surface area contributed by atoms with Crippen molar-refractivity contribution in [1.29, 1.82) is 0 Å². The zero-order valence-electron chi connectivity index (χ0n) is 14.6. The maximum atomic E-state index is 11.0. The lowest BCUT2D eigenvalue weighted by Gasteiger charge is -2.13. The number of allylic oxidation sites excluding steroid dienone is 1. The van der Waals surface area contributed by atoms with Crippen molar-refractivity contribution in [2.24, 2.45) is 0 Å². The zero-order chi connectivity index (χ0) is 18.7. The molecule has 2 N–H and O–H groups in total. The average molecular weight is 349 g/mol. The SMILES string of the molecule is C=CCc1c(C)nc(-c2ccc(C)o2)nc1Nc1ccc(C(=O)O)cc1. The Labute approximate surface area is 151 Å². The van der Waals surface area contributed by atoms with E-state index in [1.165, 1.54) is 0 Å². The van der Waals surface area contributed by atoms with E-state index in [2.05, 4.69) is 21.9 Å². The van der Waals surface area contributed by atoms with E-state index in [9.17, 15) is 4.79 Å². The van der Waals surface area contributed by atoms with Gasteiger partial charge < -0.3 is 14.8 Å². The van der Waals surface area contributed by atoms with Crippen LogP contribution in [-0.4, -0.2) is 21.0 Å². The van der Waals surface area contributed by atoms with Crippen LogP contribution in [0.1, 0.15) is 27.4 Å². The maximum absolute atomic E-state index is 11.0. The standard InChI is InChI=1S/C20H19N3O3/c1-4-5-16-13(3)21-19(17-11-6-12(2)26-17)23-18(16)22-15-9-7-14(8-10-15)20(24)25/h4,6-11H,1,5H2,2-3H3,(H,24,25)(H,21,22,23). The minimum Gasteiger partial charge on any atom is -0.478 e. The van der Waals surface area contributed by atoms with Crippen molar-refractivity contribution in [3.8, 4) is 11.6 Å². The summed E-state index contributed by atoms with van der Waals surface area (Å²) < 4.78 is 5.63. The number of aromatic nitrogens is 2. The Kier molecular flexibility index (Phi) is 4.84. The summed E-state index contributed by atoms with van der Waals surface area (Å²) in [6.07, 6.45) is 2.40. The van der Waals surface area contributed by atoms with E-state index in [4.69, 9.17) is 9.52 Å². The summed E-state index contributed by atoms with van der Waals surface area (Å²) in [5.74, 6) is 1.56. The molecule has 132 valence electrons. The molecule has 1 aromatic carbocycles. The third-order valence-electron chi connectivity index (χ3n) is 3.92. The molecular weight excluding hydrogens is 330 g/mol. The van der Waals surface area contributed by atoms with Crippen LogP contribution >= 0.6 is 0 Å². The molecule has 3 aromatic rings. The third-order valence-corrected chi connectivity index (χ3v) is 3.92. The topological polar surface area (TPSA) is 88.3 Å². The largest absolute Gasteiger partial charge is 0.478 e. The van der Waals surface area contributed by atoms with Crippen molar-refractivity contribution in [3.63, 3.8) is 0 Å². The highest BCUT2D eigenvalue weighted by Crippen LogP contribution is 2.27. The van der Waals surface area contributed by atoms with Crippen LogP contribution in [0.25, 0.3) is 11.6 Å². The highest BCUT2D eigenvalue weighted by molar-refractivity contribution is 5.88. The lowest BCUT2D eigenvalue weighted by Crippen LogP contribution is -2.05. The molecule has 2 aromatic heterocycles. The lowest BCUT2D eigenvalue weighted by molar-refractivity contribution is 0.0697. The van der Waals surface area contributed by atoms with Gasteiger partial charge in [0.2, 0.25) is 0 Å². The van der Waals surface area contributed by atoms with E-state index >= 15 is 0 Å². The third kappa shape index (κ3) is 3.64. The Morgan fingerprint density at radius 2 is 1.92 bits per heavy atom. The number of nitrogens with one attached hydrogen (secondary N) is 1. The molecule has 6 heteroatoms. The van der Waals surface area contributed by atoms with Gasteiger partial charge in [0.1, 0.15) is 11.6 Å². The molecule has 0 fully saturated rings. The zero-order valence-corrected chi connectivity index (χ0v) is 14.6. The van der Waals surface area contributed by atoms with Gasteiger partial charge in [0, 0.05) is 16.9 Å². The number of aromatic carboxylic acids is 1. The Bertz CT molecular complexity index is 959. The molecule has 0 radical (unpaired) electrons. The van der Waals surface area contributed by atoms with E-state index in [0.29, 0.717) is 23.8 Å². The van der Waals surface area contributed by atoms with Crippen molar-refractivity contribution in [2.75, 3.05) is 5.32 Å². The highest BCUT2D eigenvalue weighted by atomic mass is 16.4. The molecule has 6 nitrogen and oxygen atoms in total. The summed E-state index contributed by atoms with van der Waals surface area (Å²) in [5, 5.41) is 12.3. The van der Waals surface area contributed by atoms with E-state index in [1.807, 2.05) is 26.0 Å². The summed E-state index contributed by atoms with van der Waals surface area (Å²) in [7, 11) is 0. The number of rotatable bonds is 6. The number of hydrogen-bond acceptors (Lipinski definition) is 5. The predicted octanol–water partition coefficient (Wildman–Crippen LogP) is 4.52. The summed E-state index contributed by atoms with van der Waals surface area (Å²) >= 11 is 0. The number of aryl methyl sites for hydroxylation is 2. The normalized spacial score (nSPS) is 10.5. The van der Waals surface area contributed by atoms with Crippen molar-refractivity contribution in [3.05, 3.63) is 71.6 Å². The Morgan fingerprint density at radius 1 is 1.19 bits per heavy atom. The Hall–Kier alpha value is -3.41. The first-order valence-electron chi connectivity index (χ1n) is 8.13. The van der Waals surface area contributed by atoms with Crippen LogP contribution in [0.5, 0.6) is 0 Å². The molecule has 0 amide bonds. The quantitative estimate of drug-likeness (QED) is 0.636. The number of carboxylic acids is 1. The molecular formula is C20H19N3O3. The summed E-state index contributed by atoms with van der Waals surface area (Å²) in [4.78, 5) is 20.1. The number of benzene rings is 1. The van der Waals surface area contributed by atoms with Gasteiger partial charge in [0.15, 0.2) is 11.6 Å². The monoisotopic (exact) mass is 349 g/mol. The minimum atomic E-state index is -0.961. The molecule has 0 unspecified atom stereocenters. The molecule has 26 heavy (non-hydrogen) atoms. The van der Waals surface area contributed by atoms with Crippen LogP contribution in [0.2, 0.25) is 0 Å². The van der Waals surface area contributed by atoms with E-state index in [1.54, 1.807) is 30.3 Å². The second kappa shape index (κ2) is 7.23. The fourth-order valence-electron chi connectivity index (χ4n) is 2.59. The van der Waals surface area contributed by atoms with Gasteiger partial charge in [-0.2, -0.15) is 0 Å². The first-order valence-corrected chi connectivity index (χ1v) is 8.13. The number of carboxylic acid groups (broad SMARTS) is 1. The first-order chi connectivity index (χ1) is 12.5. The van der Waals surface area contributed by atoms with Crippen LogP contribution < -0.4 is 5.32 Å². The molecule has 0 saturated heterocycles. The summed E-state index contributed by atoms with van der Waals surface area (Å²) in [6, 6.07) is 10.2. The minimum absolute atomic E-state index is 0.229. The van der Waals surface area contributed by atoms with Crippen molar-refractivity contribution in [2.45, 2.75) is 20.3 Å². The second-order valence-corrected chi connectivity index (χ2v) is 5.87. The number of furan rings is 1.